The fraction of sp³-hybridized carbons (Fsp3) is 0.909. The van der Waals surface area contributed by atoms with Crippen LogP contribution in [0.5, 0.6) is 0 Å². The van der Waals surface area contributed by atoms with Gasteiger partial charge in [-0.2, -0.15) is 0 Å². The van der Waals surface area contributed by atoms with E-state index in [1.807, 2.05) is 20.8 Å². The normalized spacial score (nSPS) is 36.1. The minimum Gasteiger partial charge on any atom is -0.460 e. The van der Waals surface area contributed by atoms with Crippen molar-refractivity contribution in [2.45, 2.75) is 51.2 Å². The van der Waals surface area contributed by atoms with Crippen LogP contribution in [0.1, 0.15) is 40.0 Å². The number of esters is 1. The number of carbonyl (C=O) groups is 1. The van der Waals surface area contributed by atoms with Gasteiger partial charge in [0.25, 0.3) is 0 Å². The molecule has 3 heteroatoms. The van der Waals surface area contributed by atoms with Crippen molar-refractivity contribution in [1.82, 2.24) is 5.32 Å². The van der Waals surface area contributed by atoms with E-state index < -0.39 is 0 Å². The molecule has 1 saturated heterocycles. The van der Waals surface area contributed by atoms with Crippen LogP contribution in [-0.2, 0) is 9.53 Å². The maximum atomic E-state index is 11.7. The van der Waals surface area contributed by atoms with Gasteiger partial charge in [-0.3, -0.25) is 4.79 Å². The van der Waals surface area contributed by atoms with Crippen LogP contribution >= 0.6 is 0 Å². The predicted molar refractivity (Wildman–Crippen MR) is 53.9 cm³/mol. The molecule has 1 spiro atoms. The van der Waals surface area contributed by atoms with Crippen molar-refractivity contribution in [2.24, 2.45) is 5.92 Å². The zero-order chi connectivity index (χ0) is 10.4. The van der Waals surface area contributed by atoms with Crippen molar-refractivity contribution in [3.05, 3.63) is 0 Å². The van der Waals surface area contributed by atoms with Crippen LogP contribution in [0.15, 0.2) is 0 Å². The molecule has 14 heavy (non-hydrogen) atoms. The van der Waals surface area contributed by atoms with E-state index in [1.165, 1.54) is 0 Å². The maximum Gasteiger partial charge on any atom is 0.309 e. The number of hydrogen-bond acceptors (Lipinski definition) is 3. The second kappa shape index (κ2) is 2.96. The van der Waals surface area contributed by atoms with E-state index in [-0.39, 0.29) is 17.5 Å². The molecule has 1 heterocycles. The van der Waals surface area contributed by atoms with Gasteiger partial charge in [-0.05, 0) is 40.0 Å². The Morgan fingerprint density at radius 1 is 1.50 bits per heavy atom. The summed E-state index contributed by atoms with van der Waals surface area (Å²) in [7, 11) is 0. The fourth-order valence-electron chi connectivity index (χ4n) is 2.16. The molecule has 1 saturated carbocycles. The third kappa shape index (κ3) is 2.08. The summed E-state index contributed by atoms with van der Waals surface area (Å²) >= 11 is 0. The maximum absolute atomic E-state index is 11.7. The predicted octanol–water partition coefficient (Wildman–Crippen LogP) is 1.47. The first-order chi connectivity index (χ1) is 6.40. The molecule has 0 aromatic rings. The van der Waals surface area contributed by atoms with Crippen molar-refractivity contribution in [1.29, 1.82) is 0 Å². The largest absolute Gasteiger partial charge is 0.460 e. The smallest absolute Gasteiger partial charge is 0.309 e. The van der Waals surface area contributed by atoms with Crippen molar-refractivity contribution in [2.75, 3.05) is 6.54 Å². The van der Waals surface area contributed by atoms with Gasteiger partial charge in [0.15, 0.2) is 0 Å². The summed E-state index contributed by atoms with van der Waals surface area (Å²) in [5.74, 6) is 0.118. The second-order valence-corrected chi connectivity index (χ2v) is 5.61. The molecule has 1 N–H and O–H groups in total. The third-order valence-electron chi connectivity index (χ3n) is 3.03. The zero-order valence-electron chi connectivity index (χ0n) is 9.22. The summed E-state index contributed by atoms with van der Waals surface area (Å²) in [5.41, 5.74) is -0.0224. The van der Waals surface area contributed by atoms with Crippen LogP contribution in [0.25, 0.3) is 0 Å². The zero-order valence-corrected chi connectivity index (χ0v) is 9.22. The first-order valence-corrected chi connectivity index (χ1v) is 5.38. The van der Waals surface area contributed by atoms with Crippen LogP contribution in [0.3, 0.4) is 0 Å². The molecule has 2 atom stereocenters. The molecule has 1 aliphatic carbocycles. The Kier molecular flexibility index (Phi) is 2.11. The van der Waals surface area contributed by atoms with Gasteiger partial charge in [0.1, 0.15) is 5.60 Å². The van der Waals surface area contributed by atoms with Crippen molar-refractivity contribution >= 4 is 5.97 Å². The Balaban J connectivity index is 1.87. The SMILES string of the molecule is CC(C)(C)OC(=O)C1CC[C@@]2(CN2)C1. The second-order valence-electron chi connectivity index (χ2n) is 5.61. The van der Waals surface area contributed by atoms with E-state index in [1.54, 1.807) is 0 Å². The van der Waals surface area contributed by atoms with Crippen LogP contribution in [0.4, 0.5) is 0 Å². The van der Waals surface area contributed by atoms with Crippen molar-refractivity contribution in [3.63, 3.8) is 0 Å². The summed E-state index contributed by atoms with van der Waals surface area (Å²) in [6, 6.07) is 0. The molecule has 0 radical (unpaired) electrons. The number of carbonyl (C=O) groups excluding carboxylic acids is 1. The van der Waals surface area contributed by atoms with Crippen LogP contribution < -0.4 is 5.32 Å². The van der Waals surface area contributed by atoms with E-state index in [0.29, 0.717) is 5.54 Å². The molecule has 3 nitrogen and oxygen atoms in total. The van der Waals surface area contributed by atoms with Gasteiger partial charge in [0.2, 0.25) is 0 Å². The summed E-state index contributed by atoms with van der Waals surface area (Å²) in [6.07, 6.45) is 3.10. The molecule has 2 aliphatic rings. The molecule has 1 unspecified atom stereocenters. The number of hydrogen-bond donors (Lipinski definition) is 1. The fourth-order valence-corrected chi connectivity index (χ4v) is 2.16. The Bertz CT molecular complexity index is 251. The molecular weight excluding hydrogens is 178 g/mol. The highest BCUT2D eigenvalue weighted by atomic mass is 16.6. The first kappa shape index (κ1) is 9.97. The van der Waals surface area contributed by atoms with E-state index in [4.69, 9.17) is 4.74 Å². The summed E-state index contributed by atoms with van der Waals surface area (Å²) in [4.78, 5) is 11.7. The third-order valence-corrected chi connectivity index (χ3v) is 3.03. The highest BCUT2D eigenvalue weighted by Gasteiger charge is 2.50. The molecule has 80 valence electrons. The minimum absolute atomic E-state index is 0.0110. The van der Waals surface area contributed by atoms with Gasteiger partial charge < -0.3 is 10.1 Å². The van der Waals surface area contributed by atoms with Gasteiger partial charge in [-0.15, -0.1) is 0 Å². The van der Waals surface area contributed by atoms with Crippen LogP contribution in [0, 0.1) is 5.92 Å². The average molecular weight is 197 g/mol. The van der Waals surface area contributed by atoms with Gasteiger partial charge in [0.05, 0.1) is 5.92 Å². The lowest BCUT2D eigenvalue weighted by molar-refractivity contribution is -0.159. The summed E-state index contributed by atoms with van der Waals surface area (Å²) in [6.45, 7) is 6.85. The summed E-state index contributed by atoms with van der Waals surface area (Å²) in [5, 5.41) is 3.35. The Labute approximate surface area is 85.2 Å². The van der Waals surface area contributed by atoms with E-state index >= 15 is 0 Å². The first-order valence-electron chi connectivity index (χ1n) is 5.38. The van der Waals surface area contributed by atoms with Crippen molar-refractivity contribution < 1.29 is 9.53 Å². The number of nitrogens with one attached hydrogen (secondary N) is 1. The lowest BCUT2D eigenvalue weighted by Crippen LogP contribution is -2.28. The van der Waals surface area contributed by atoms with E-state index in [9.17, 15) is 4.79 Å². The molecule has 1 aliphatic heterocycles. The highest BCUT2D eigenvalue weighted by Crippen LogP contribution is 2.41. The van der Waals surface area contributed by atoms with Gasteiger partial charge in [0, 0.05) is 12.1 Å². The topological polar surface area (TPSA) is 48.2 Å². The summed E-state index contributed by atoms with van der Waals surface area (Å²) < 4.78 is 5.38. The monoisotopic (exact) mass is 197 g/mol. The lowest BCUT2D eigenvalue weighted by atomic mass is 10.1. The molecule has 0 aromatic carbocycles. The Morgan fingerprint density at radius 2 is 2.14 bits per heavy atom. The Hall–Kier alpha value is -0.570. The molecule has 0 bridgehead atoms. The van der Waals surface area contributed by atoms with Crippen molar-refractivity contribution in [3.8, 4) is 0 Å². The quantitative estimate of drug-likeness (QED) is 0.511. The van der Waals surface area contributed by atoms with E-state index in [0.717, 1.165) is 25.8 Å². The standard InChI is InChI=1S/C11H19NO2/c1-10(2,3)14-9(13)8-4-5-11(6-8)7-12-11/h8,12H,4-7H2,1-3H3/t8?,11-/m0/s1. The molecule has 0 aromatic heterocycles. The number of ether oxygens (including phenoxy) is 1. The van der Waals surface area contributed by atoms with Crippen LogP contribution in [-0.4, -0.2) is 23.7 Å². The molecular formula is C11H19NO2. The Morgan fingerprint density at radius 3 is 2.57 bits per heavy atom. The van der Waals surface area contributed by atoms with Crippen LogP contribution in [0.2, 0.25) is 0 Å². The minimum atomic E-state index is -0.343. The number of rotatable bonds is 1. The molecule has 2 fully saturated rings. The highest BCUT2D eigenvalue weighted by molar-refractivity contribution is 5.73. The van der Waals surface area contributed by atoms with Gasteiger partial charge in [-0.1, -0.05) is 0 Å². The van der Waals surface area contributed by atoms with E-state index in [2.05, 4.69) is 5.32 Å². The average Bonchev–Trinajstić information content (AvgIpc) is 2.57. The van der Waals surface area contributed by atoms with Gasteiger partial charge >= 0.3 is 5.97 Å². The lowest BCUT2D eigenvalue weighted by Gasteiger charge is -2.21. The molecule has 2 rings (SSSR count). The molecule has 0 amide bonds. The van der Waals surface area contributed by atoms with Gasteiger partial charge in [-0.25, -0.2) is 0 Å².